The number of fused-ring (bicyclic) bond motifs is 2. The maximum atomic E-state index is 13.9. The van der Waals surface area contributed by atoms with Gasteiger partial charge >= 0.3 is 0 Å². The molecule has 8 nitrogen and oxygen atoms in total. The third-order valence-electron chi connectivity index (χ3n) is 10.1. The number of amides is 1. The number of thiazole rings is 1. The van der Waals surface area contributed by atoms with Gasteiger partial charge in [-0.05, 0) is 91.5 Å². The molecule has 3 N–H and O–H groups in total. The Morgan fingerprint density at radius 2 is 1.93 bits per heavy atom. The van der Waals surface area contributed by atoms with E-state index >= 15 is 0 Å². The topological polar surface area (TPSA) is 111 Å². The second kappa shape index (κ2) is 11.8. The molecule has 4 aromatic rings. The molecule has 0 unspecified atom stereocenters. The summed E-state index contributed by atoms with van der Waals surface area (Å²) in [5.74, 6) is -0.346. The number of hydrogen-bond donors (Lipinski definition) is 3. The molecule has 1 aliphatic heterocycles. The predicted octanol–water partition coefficient (Wildman–Crippen LogP) is 5.41. The Morgan fingerprint density at radius 3 is 2.66 bits per heavy atom. The number of pyridine rings is 2. The van der Waals surface area contributed by atoms with E-state index < -0.39 is 11.4 Å². The zero-order valence-corrected chi connectivity index (χ0v) is 25.8. The van der Waals surface area contributed by atoms with Crippen LogP contribution in [0.3, 0.4) is 0 Å². The van der Waals surface area contributed by atoms with Gasteiger partial charge in [-0.1, -0.05) is 42.5 Å². The van der Waals surface area contributed by atoms with Gasteiger partial charge in [0.1, 0.15) is 10.3 Å². The largest absolute Gasteiger partial charge is 0.393 e. The first-order chi connectivity index (χ1) is 21.2. The maximum Gasteiger partial charge on any atom is 0.283 e. The number of aryl methyl sites for hydroxylation is 1. The molecule has 44 heavy (non-hydrogen) atoms. The van der Waals surface area contributed by atoms with Crippen LogP contribution in [0.4, 0.5) is 4.39 Å². The van der Waals surface area contributed by atoms with Crippen molar-refractivity contribution in [3.63, 3.8) is 0 Å². The van der Waals surface area contributed by atoms with Gasteiger partial charge in [0.2, 0.25) is 0 Å². The van der Waals surface area contributed by atoms with E-state index in [1.165, 1.54) is 48.4 Å². The smallest absolute Gasteiger partial charge is 0.283 e. The molecule has 3 aliphatic rings. The summed E-state index contributed by atoms with van der Waals surface area (Å²) in [6.45, 7) is 4.83. The Kier molecular flexibility index (Phi) is 7.84. The van der Waals surface area contributed by atoms with Gasteiger partial charge in [-0.25, -0.2) is 14.4 Å². The third-order valence-corrected chi connectivity index (χ3v) is 11.0. The van der Waals surface area contributed by atoms with E-state index in [-0.39, 0.29) is 18.1 Å². The van der Waals surface area contributed by atoms with Crippen LogP contribution in [-0.2, 0) is 12.8 Å². The number of aliphatic hydroxyl groups excluding tert-OH is 1. The van der Waals surface area contributed by atoms with Crippen LogP contribution in [0.2, 0.25) is 0 Å². The highest BCUT2D eigenvalue weighted by atomic mass is 32.1. The molecule has 4 heterocycles. The van der Waals surface area contributed by atoms with Crippen LogP contribution in [0.15, 0.2) is 47.4 Å². The Bertz CT molecular complexity index is 1740. The van der Waals surface area contributed by atoms with Crippen LogP contribution in [0.25, 0.3) is 21.5 Å². The number of nitrogens with one attached hydrogen (secondary N) is 2. The zero-order valence-electron chi connectivity index (χ0n) is 24.9. The maximum absolute atomic E-state index is 13.9. The molecule has 0 radical (unpaired) electrons. The van der Waals surface area contributed by atoms with Crippen molar-refractivity contribution in [2.45, 2.75) is 70.4 Å². The average molecular weight is 616 g/mol. The number of carbonyl (C=O) groups excluding carboxylic acids is 1. The number of nitrogens with zero attached hydrogens (tertiary/aromatic N) is 3. The number of aliphatic hydroxyl groups is 1. The van der Waals surface area contributed by atoms with E-state index in [9.17, 15) is 19.1 Å². The van der Waals surface area contributed by atoms with Crippen molar-refractivity contribution >= 4 is 27.6 Å². The number of piperidine rings is 1. The van der Waals surface area contributed by atoms with Crippen molar-refractivity contribution in [1.29, 1.82) is 0 Å². The average Bonchev–Trinajstić information content (AvgIpc) is 3.65. The van der Waals surface area contributed by atoms with Gasteiger partial charge in [0.05, 0.1) is 12.1 Å². The quantitative estimate of drug-likeness (QED) is 0.245. The van der Waals surface area contributed by atoms with Crippen molar-refractivity contribution in [2.24, 2.45) is 11.3 Å². The molecular weight excluding hydrogens is 577 g/mol. The molecule has 230 valence electrons. The highest BCUT2D eigenvalue weighted by molar-refractivity contribution is 7.19. The van der Waals surface area contributed by atoms with E-state index in [4.69, 9.17) is 9.97 Å². The molecule has 1 saturated carbocycles. The lowest BCUT2D eigenvalue weighted by Gasteiger charge is -2.31. The standard InChI is InChI=1S/C34H38FN5O3S/c1-34(11-12-34)24-6-7-27-22(16-24)18-29-32(38-27)44-33(39-29)31(43)37-28(10-15-40-13-8-25(41)9-14-40)21-4-2-20(3-5-21)23-17-26(35)30(42)36-19-23/h2-5,17-19,24-25,28,41H,6-16H2,1H3,(H,36,42)(H,37,43)/t24-,28+/m0/s1. The Hall–Kier alpha value is -3.47. The zero-order chi connectivity index (χ0) is 30.4. The number of halogens is 1. The molecule has 0 spiro atoms. The summed E-state index contributed by atoms with van der Waals surface area (Å²) in [5, 5.41) is 13.6. The van der Waals surface area contributed by atoms with Gasteiger partial charge in [-0.2, -0.15) is 0 Å². The number of H-pyrrole nitrogens is 1. The monoisotopic (exact) mass is 615 g/mol. The fraction of sp³-hybridized carbons (Fsp3) is 0.471. The van der Waals surface area contributed by atoms with Crippen LogP contribution in [0.5, 0.6) is 0 Å². The number of hydrogen-bond acceptors (Lipinski definition) is 7. The van der Waals surface area contributed by atoms with Crippen molar-refractivity contribution in [2.75, 3.05) is 19.6 Å². The lowest BCUT2D eigenvalue weighted by Crippen LogP contribution is -2.38. The summed E-state index contributed by atoms with van der Waals surface area (Å²) >= 11 is 1.35. The van der Waals surface area contributed by atoms with Gasteiger partial charge in [0.25, 0.3) is 11.5 Å². The Morgan fingerprint density at radius 1 is 1.16 bits per heavy atom. The second-order valence-corrected chi connectivity index (χ2v) is 14.1. The van der Waals surface area contributed by atoms with Crippen LogP contribution >= 0.6 is 11.3 Å². The molecule has 1 amide bonds. The number of rotatable bonds is 8. The van der Waals surface area contributed by atoms with E-state index in [2.05, 4.69) is 28.2 Å². The first-order valence-corrected chi connectivity index (χ1v) is 16.5. The molecule has 1 aromatic carbocycles. The fourth-order valence-electron chi connectivity index (χ4n) is 6.84. The van der Waals surface area contributed by atoms with Gasteiger partial charge in [0.15, 0.2) is 10.8 Å². The summed E-state index contributed by atoms with van der Waals surface area (Å²) in [4.78, 5) is 40.4. The minimum Gasteiger partial charge on any atom is -0.393 e. The van der Waals surface area contributed by atoms with Crippen LogP contribution in [0, 0.1) is 17.2 Å². The van der Waals surface area contributed by atoms with Crippen LogP contribution in [-0.4, -0.2) is 56.6 Å². The summed E-state index contributed by atoms with van der Waals surface area (Å²) < 4.78 is 13.9. The van der Waals surface area contributed by atoms with E-state index in [1.807, 2.05) is 24.3 Å². The van der Waals surface area contributed by atoms with Gasteiger partial charge < -0.3 is 20.3 Å². The highest BCUT2D eigenvalue weighted by Crippen LogP contribution is 2.55. The second-order valence-electron chi connectivity index (χ2n) is 13.1. The fourth-order valence-corrected chi connectivity index (χ4v) is 7.68. The Labute approximate surface area is 259 Å². The summed E-state index contributed by atoms with van der Waals surface area (Å²) in [7, 11) is 0. The van der Waals surface area contributed by atoms with Crippen molar-refractivity contribution in [3.8, 4) is 11.1 Å². The lowest BCUT2D eigenvalue weighted by atomic mass is 9.77. The first kappa shape index (κ1) is 29.3. The Balaban J connectivity index is 1.11. The number of aromatic amines is 1. The molecule has 2 atom stereocenters. The first-order valence-electron chi connectivity index (χ1n) is 15.7. The molecule has 1 saturated heterocycles. The van der Waals surface area contributed by atoms with E-state index in [1.54, 1.807) is 0 Å². The lowest BCUT2D eigenvalue weighted by molar-refractivity contribution is 0.0795. The van der Waals surface area contributed by atoms with E-state index in [0.717, 1.165) is 72.5 Å². The van der Waals surface area contributed by atoms with Gasteiger partial charge in [-0.3, -0.25) is 9.59 Å². The molecule has 2 aliphatic carbocycles. The number of aromatic nitrogens is 3. The van der Waals surface area contributed by atoms with E-state index in [0.29, 0.717) is 28.3 Å². The minimum absolute atomic E-state index is 0.222. The van der Waals surface area contributed by atoms with Crippen molar-refractivity contribution < 1.29 is 14.3 Å². The summed E-state index contributed by atoms with van der Waals surface area (Å²) in [6, 6.07) is 10.7. The molecule has 3 aromatic heterocycles. The van der Waals surface area contributed by atoms with Crippen molar-refractivity contribution in [1.82, 2.24) is 25.2 Å². The summed E-state index contributed by atoms with van der Waals surface area (Å²) in [6.07, 6.45) is 9.30. The minimum atomic E-state index is -0.827. The predicted molar refractivity (Wildman–Crippen MR) is 169 cm³/mol. The third kappa shape index (κ3) is 6.07. The number of likely N-dealkylation sites (tertiary alicyclic amines) is 1. The molecule has 10 heteroatoms. The van der Waals surface area contributed by atoms with Crippen LogP contribution < -0.4 is 10.9 Å². The number of carbonyl (C=O) groups is 1. The molecule has 2 fully saturated rings. The molecule has 7 rings (SSSR count). The van der Waals surface area contributed by atoms with Crippen LogP contribution in [0.1, 0.15) is 78.1 Å². The van der Waals surface area contributed by atoms with Gasteiger partial charge in [-0.15, -0.1) is 0 Å². The molecule has 0 bridgehead atoms. The highest BCUT2D eigenvalue weighted by Gasteiger charge is 2.45. The number of benzene rings is 1. The summed E-state index contributed by atoms with van der Waals surface area (Å²) in [5.41, 5.74) is 5.23. The normalized spacial score (nSPS) is 20.8. The van der Waals surface area contributed by atoms with Gasteiger partial charge in [0, 0.05) is 37.1 Å². The molecular formula is C34H38FN5O3S. The SMILES string of the molecule is CC1([C@H]2CCc3nc4sc(C(=O)N[C@H](CCN5CCC(O)CC5)c5ccc(-c6c[nH]c(=O)c(F)c6)cc5)nc4cc3C2)CC1. The van der Waals surface area contributed by atoms with Crippen molar-refractivity contribution in [3.05, 3.63) is 80.6 Å².